The number of likely N-dealkylation sites (tertiary alicyclic amines) is 1. The number of aryl methyl sites for hydroxylation is 1. The van der Waals surface area contributed by atoms with E-state index in [4.69, 9.17) is 0 Å². The van der Waals surface area contributed by atoms with E-state index in [0.717, 1.165) is 25.6 Å². The van der Waals surface area contributed by atoms with Crippen molar-refractivity contribution in [2.75, 3.05) is 26.2 Å². The molecule has 1 aromatic rings. The number of aromatic nitrogens is 1. The molecule has 2 rings (SSSR count). The highest BCUT2D eigenvalue weighted by molar-refractivity contribution is 5.09. The van der Waals surface area contributed by atoms with E-state index in [1.54, 1.807) is 0 Å². The lowest BCUT2D eigenvalue weighted by Crippen LogP contribution is -2.21. The molecule has 0 aliphatic carbocycles. The quantitative estimate of drug-likeness (QED) is 0.778. The second-order valence-corrected chi connectivity index (χ2v) is 6.18. The molecule has 1 aliphatic heterocycles. The zero-order chi connectivity index (χ0) is 13.5. The molecule has 1 saturated heterocycles. The average molecular weight is 263 g/mol. The molecule has 0 amide bonds. The largest absolute Gasteiger partial charge is 0.354 e. The van der Waals surface area contributed by atoms with E-state index in [-0.39, 0.29) is 0 Å². The Balaban J connectivity index is 1.62. The summed E-state index contributed by atoms with van der Waals surface area (Å²) in [5.41, 5.74) is 1.40. The zero-order valence-electron chi connectivity index (χ0n) is 12.6. The van der Waals surface area contributed by atoms with E-state index in [9.17, 15) is 0 Å². The van der Waals surface area contributed by atoms with Gasteiger partial charge in [0.1, 0.15) is 0 Å². The summed E-state index contributed by atoms with van der Waals surface area (Å²) in [6.45, 7) is 11.6. The van der Waals surface area contributed by atoms with E-state index in [1.807, 2.05) is 0 Å². The van der Waals surface area contributed by atoms with Crippen LogP contribution in [0.2, 0.25) is 0 Å². The van der Waals surface area contributed by atoms with Gasteiger partial charge in [0, 0.05) is 25.5 Å². The molecule has 3 heteroatoms. The molecule has 0 saturated carbocycles. The van der Waals surface area contributed by atoms with Crippen LogP contribution in [0.3, 0.4) is 0 Å². The topological polar surface area (TPSA) is 20.2 Å². The van der Waals surface area contributed by atoms with Crippen LogP contribution in [0.25, 0.3) is 0 Å². The van der Waals surface area contributed by atoms with Crippen LogP contribution >= 0.6 is 0 Å². The van der Waals surface area contributed by atoms with Crippen molar-refractivity contribution >= 4 is 0 Å². The number of hydrogen-bond acceptors (Lipinski definition) is 2. The summed E-state index contributed by atoms with van der Waals surface area (Å²) in [6.07, 6.45) is 8.57. The fourth-order valence-corrected chi connectivity index (χ4v) is 2.72. The van der Waals surface area contributed by atoms with Crippen LogP contribution in [0.15, 0.2) is 18.5 Å². The summed E-state index contributed by atoms with van der Waals surface area (Å²) in [4.78, 5) is 2.59. The Hall–Kier alpha value is -0.800. The summed E-state index contributed by atoms with van der Waals surface area (Å²) in [6, 6.07) is 2.24. The van der Waals surface area contributed by atoms with Gasteiger partial charge in [-0.05, 0) is 63.0 Å². The lowest BCUT2D eigenvalue weighted by atomic mass is 10.2. The Kier molecular flexibility index (Phi) is 5.93. The maximum Gasteiger partial charge on any atom is 0.0231 e. The minimum atomic E-state index is 0.725. The van der Waals surface area contributed by atoms with E-state index in [1.165, 1.54) is 44.5 Å². The Morgan fingerprint density at radius 2 is 2.00 bits per heavy atom. The second-order valence-electron chi connectivity index (χ2n) is 6.18. The number of hydrogen-bond donors (Lipinski definition) is 1. The molecule has 108 valence electrons. The highest BCUT2D eigenvalue weighted by Crippen LogP contribution is 2.08. The van der Waals surface area contributed by atoms with Crippen molar-refractivity contribution in [3.05, 3.63) is 24.0 Å². The van der Waals surface area contributed by atoms with Gasteiger partial charge in [-0.1, -0.05) is 13.8 Å². The van der Waals surface area contributed by atoms with Gasteiger partial charge < -0.3 is 14.8 Å². The van der Waals surface area contributed by atoms with Gasteiger partial charge in [0.15, 0.2) is 0 Å². The van der Waals surface area contributed by atoms with Crippen LogP contribution in [0.1, 0.15) is 38.7 Å². The van der Waals surface area contributed by atoms with Gasteiger partial charge in [0.2, 0.25) is 0 Å². The third-order valence-electron chi connectivity index (χ3n) is 3.78. The van der Waals surface area contributed by atoms with Crippen molar-refractivity contribution in [3.8, 4) is 0 Å². The number of nitrogens with one attached hydrogen (secondary N) is 1. The predicted octanol–water partition coefficient (Wildman–Crippen LogP) is 2.72. The van der Waals surface area contributed by atoms with Gasteiger partial charge in [-0.25, -0.2) is 0 Å². The van der Waals surface area contributed by atoms with E-state index < -0.39 is 0 Å². The molecular weight excluding hydrogens is 234 g/mol. The molecule has 0 radical (unpaired) electrons. The second kappa shape index (κ2) is 7.71. The monoisotopic (exact) mass is 263 g/mol. The lowest BCUT2D eigenvalue weighted by Gasteiger charge is -2.14. The zero-order valence-corrected chi connectivity index (χ0v) is 12.6. The van der Waals surface area contributed by atoms with Gasteiger partial charge in [-0.3, -0.25) is 0 Å². The van der Waals surface area contributed by atoms with Crippen LogP contribution in [0.5, 0.6) is 0 Å². The fraction of sp³-hybridized carbons (Fsp3) is 0.750. The lowest BCUT2D eigenvalue weighted by molar-refractivity contribution is 0.325. The van der Waals surface area contributed by atoms with Crippen molar-refractivity contribution in [1.82, 2.24) is 14.8 Å². The molecule has 3 nitrogen and oxygen atoms in total. The molecule has 0 aromatic carbocycles. The van der Waals surface area contributed by atoms with Gasteiger partial charge >= 0.3 is 0 Å². The van der Waals surface area contributed by atoms with Crippen LogP contribution in [-0.4, -0.2) is 35.6 Å². The molecule has 19 heavy (non-hydrogen) atoms. The van der Waals surface area contributed by atoms with Crippen LogP contribution in [0, 0.1) is 5.92 Å². The average Bonchev–Trinajstić information content (AvgIpc) is 3.00. The first-order chi connectivity index (χ1) is 9.24. The Bertz CT molecular complexity index is 351. The van der Waals surface area contributed by atoms with Crippen molar-refractivity contribution in [2.24, 2.45) is 5.92 Å². The van der Waals surface area contributed by atoms with Crippen molar-refractivity contribution in [3.63, 3.8) is 0 Å². The predicted molar refractivity (Wildman–Crippen MR) is 81.3 cm³/mol. The highest BCUT2D eigenvalue weighted by Gasteiger charge is 2.10. The van der Waals surface area contributed by atoms with Crippen molar-refractivity contribution in [1.29, 1.82) is 0 Å². The third-order valence-corrected chi connectivity index (χ3v) is 3.78. The van der Waals surface area contributed by atoms with Crippen LogP contribution in [-0.2, 0) is 13.1 Å². The smallest absolute Gasteiger partial charge is 0.0231 e. The first-order valence-corrected chi connectivity index (χ1v) is 7.82. The first-order valence-electron chi connectivity index (χ1n) is 7.82. The van der Waals surface area contributed by atoms with Gasteiger partial charge in [0.05, 0.1) is 0 Å². The van der Waals surface area contributed by atoms with E-state index >= 15 is 0 Å². The van der Waals surface area contributed by atoms with E-state index in [2.05, 4.69) is 47.1 Å². The summed E-state index contributed by atoms with van der Waals surface area (Å²) in [5, 5.41) is 3.49. The molecule has 0 atom stereocenters. The van der Waals surface area contributed by atoms with Gasteiger partial charge in [-0.2, -0.15) is 0 Å². The SMILES string of the molecule is CC(C)CNCc1ccn(CCCN2CCCC2)c1. The summed E-state index contributed by atoms with van der Waals surface area (Å²) in [7, 11) is 0. The molecular formula is C16H29N3. The highest BCUT2D eigenvalue weighted by atomic mass is 15.1. The minimum Gasteiger partial charge on any atom is -0.354 e. The van der Waals surface area contributed by atoms with Crippen LogP contribution in [0.4, 0.5) is 0 Å². The molecule has 0 bridgehead atoms. The molecule has 1 fully saturated rings. The van der Waals surface area contributed by atoms with Gasteiger partial charge in [0.25, 0.3) is 0 Å². The first kappa shape index (κ1) is 14.6. The molecule has 1 aliphatic rings. The third kappa shape index (κ3) is 5.37. The molecule has 1 aromatic heterocycles. The normalized spacial score (nSPS) is 16.6. The molecule has 1 N–H and O–H groups in total. The van der Waals surface area contributed by atoms with Crippen molar-refractivity contribution in [2.45, 2.75) is 46.2 Å². The van der Waals surface area contributed by atoms with Crippen LogP contribution < -0.4 is 5.32 Å². The fourth-order valence-electron chi connectivity index (χ4n) is 2.72. The van der Waals surface area contributed by atoms with E-state index in [0.29, 0.717) is 0 Å². The summed E-state index contributed by atoms with van der Waals surface area (Å²) >= 11 is 0. The Labute approximate surface area is 118 Å². The Morgan fingerprint density at radius 3 is 2.74 bits per heavy atom. The minimum absolute atomic E-state index is 0.725. The van der Waals surface area contributed by atoms with Crippen molar-refractivity contribution < 1.29 is 0 Å². The number of rotatable bonds is 8. The molecule has 0 spiro atoms. The molecule has 2 heterocycles. The van der Waals surface area contributed by atoms with Gasteiger partial charge in [-0.15, -0.1) is 0 Å². The summed E-state index contributed by atoms with van der Waals surface area (Å²) < 4.78 is 2.34. The number of nitrogens with zero attached hydrogens (tertiary/aromatic N) is 2. The maximum absolute atomic E-state index is 3.49. The Morgan fingerprint density at radius 1 is 1.21 bits per heavy atom. The maximum atomic E-state index is 3.49. The summed E-state index contributed by atoms with van der Waals surface area (Å²) in [5.74, 6) is 0.725. The molecule has 0 unspecified atom stereocenters. The standard InChI is InChI=1S/C16H29N3/c1-15(2)12-17-13-16-6-11-19(14-16)10-5-9-18-7-3-4-8-18/h6,11,14-15,17H,3-5,7-10,12-13H2,1-2H3.